The standard InChI is InChI=1S/C51H63F2N11O5/c1-32(65)62-26-19-41(40(31-62)49(55)63-21-5-8-35-27-38(36(29-54)30-56-2)39(48(52)53)28-44(35)63)57-37-17-24-61(25-18-37)46(67)10-6-20-60-22-15-33(16-23-60)11-12-34-7-4-9-42-47(34)59(3)51(69)64(42)43-13-14-45(66)58-50(43)68/h4,7,9,27-30,33,37,43,48,55,57H,5-6,8,10,13-26,31,54H2,1-3H3,(H,58,66,68). The number of amidine groups is 1. The van der Waals surface area contributed by atoms with Crippen molar-refractivity contribution in [2.24, 2.45) is 23.7 Å². The number of imidazole rings is 1. The van der Waals surface area contributed by atoms with Crippen LogP contribution in [0.4, 0.5) is 14.5 Å². The van der Waals surface area contributed by atoms with E-state index in [9.17, 15) is 38.2 Å². The number of aromatic nitrogens is 2. The number of halogens is 2. The van der Waals surface area contributed by atoms with Crippen molar-refractivity contribution in [2.75, 3.05) is 64.3 Å². The van der Waals surface area contributed by atoms with Crippen molar-refractivity contribution >= 4 is 58.0 Å². The quantitative estimate of drug-likeness (QED) is 0.0919. The summed E-state index contributed by atoms with van der Waals surface area (Å²) in [5, 5.41) is 15.6. The largest absolute Gasteiger partial charge is 0.404 e. The molecule has 5 N–H and O–H groups in total. The van der Waals surface area contributed by atoms with Crippen LogP contribution in [0, 0.1) is 23.2 Å². The number of hydrogen-bond donors (Lipinski definition) is 4. The molecule has 0 bridgehead atoms. The van der Waals surface area contributed by atoms with Gasteiger partial charge in [0.15, 0.2) is 0 Å². The molecule has 0 radical (unpaired) electrons. The first-order chi connectivity index (χ1) is 33.3. The zero-order valence-electron chi connectivity index (χ0n) is 39.8. The summed E-state index contributed by atoms with van der Waals surface area (Å²) in [5.41, 5.74) is 11.0. The summed E-state index contributed by atoms with van der Waals surface area (Å²) in [7, 11) is 3.24. The number of nitrogens with two attached hydrogens (primary N) is 1. The third kappa shape index (κ3) is 10.5. The van der Waals surface area contributed by atoms with E-state index >= 15 is 0 Å². The minimum atomic E-state index is -2.77. The van der Waals surface area contributed by atoms with E-state index in [2.05, 4.69) is 32.4 Å². The number of hydrogen-bond acceptors (Lipinski definition) is 10. The Balaban J connectivity index is 0.833. The van der Waals surface area contributed by atoms with Crippen LogP contribution in [0.1, 0.15) is 106 Å². The average molecular weight is 948 g/mol. The highest BCUT2D eigenvalue weighted by atomic mass is 19.3. The van der Waals surface area contributed by atoms with Crippen LogP contribution in [0.5, 0.6) is 0 Å². The van der Waals surface area contributed by atoms with Gasteiger partial charge in [-0.05, 0) is 106 Å². The number of nitrogens with zero attached hydrogens (tertiary/aromatic N) is 7. The van der Waals surface area contributed by atoms with Crippen LogP contribution in [-0.2, 0) is 32.6 Å². The lowest BCUT2D eigenvalue weighted by molar-refractivity contribution is -0.136. The number of imide groups is 1. The summed E-state index contributed by atoms with van der Waals surface area (Å²) in [6.45, 7) is 6.55. The van der Waals surface area contributed by atoms with Crippen LogP contribution in [0.3, 0.4) is 0 Å². The van der Waals surface area contributed by atoms with E-state index in [1.54, 1.807) is 30.0 Å². The summed E-state index contributed by atoms with van der Waals surface area (Å²) in [5.74, 6) is 6.40. The van der Waals surface area contributed by atoms with Gasteiger partial charge in [0.1, 0.15) is 11.9 Å². The highest BCUT2D eigenvalue weighted by Crippen LogP contribution is 2.38. The first-order valence-electron chi connectivity index (χ1n) is 24.2. The zero-order valence-corrected chi connectivity index (χ0v) is 39.8. The molecule has 8 rings (SSSR count). The zero-order chi connectivity index (χ0) is 48.9. The number of aliphatic imine (C=N–C) groups is 1. The number of anilines is 1. The number of rotatable bonds is 11. The van der Waals surface area contributed by atoms with Crippen LogP contribution in [0.2, 0.25) is 0 Å². The molecule has 1 atom stereocenters. The average Bonchev–Trinajstić information content (AvgIpc) is 3.60. The highest BCUT2D eigenvalue weighted by Gasteiger charge is 2.34. The van der Waals surface area contributed by atoms with Gasteiger partial charge in [-0.3, -0.25) is 44.0 Å². The van der Waals surface area contributed by atoms with Gasteiger partial charge in [0.25, 0.3) is 6.43 Å². The Morgan fingerprint density at radius 2 is 1.77 bits per heavy atom. The maximum Gasteiger partial charge on any atom is 0.329 e. The molecular weight excluding hydrogens is 885 g/mol. The minimum Gasteiger partial charge on any atom is -0.404 e. The molecular formula is C51H63F2N11O5. The Hall–Kier alpha value is -6.61. The van der Waals surface area contributed by atoms with E-state index in [4.69, 9.17) is 5.73 Å². The summed E-state index contributed by atoms with van der Waals surface area (Å²) in [6, 6.07) is 8.08. The molecule has 2 aromatic carbocycles. The molecule has 366 valence electrons. The SMILES string of the molecule is CN=CC(=CN)c1cc2c(cc1C(F)F)N(C(=N)C1=C(NC3CCN(C(=O)CCCN4CCC(C#Cc5cccc6c5n(C)c(=O)n6C5CCC(=O)NC5=O)CC4)CC3)CCN(C(C)=O)C1)CCC2. The molecule has 5 aliphatic rings. The fraction of sp³-hybridized carbons (Fsp3) is 0.510. The van der Waals surface area contributed by atoms with Crippen molar-refractivity contribution in [1.29, 1.82) is 5.41 Å². The van der Waals surface area contributed by atoms with Gasteiger partial charge in [0.05, 0.1) is 23.1 Å². The molecule has 6 heterocycles. The van der Waals surface area contributed by atoms with Crippen molar-refractivity contribution in [3.05, 3.63) is 80.5 Å². The smallest absolute Gasteiger partial charge is 0.329 e. The highest BCUT2D eigenvalue weighted by molar-refractivity contribution is 6.12. The van der Waals surface area contributed by atoms with E-state index in [0.29, 0.717) is 78.9 Å². The Labute approximate surface area is 401 Å². The second kappa shape index (κ2) is 21.4. The lowest BCUT2D eigenvalue weighted by Crippen LogP contribution is -2.48. The number of alkyl halides is 2. The van der Waals surface area contributed by atoms with Gasteiger partial charge in [0.2, 0.25) is 23.6 Å². The van der Waals surface area contributed by atoms with Crippen LogP contribution in [0.15, 0.2) is 57.6 Å². The molecule has 1 unspecified atom stereocenters. The number of amides is 4. The number of likely N-dealkylation sites (tertiary alicyclic amines) is 2. The van der Waals surface area contributed by atoms with E-state index in [-0.39, 0.29) is 66.2 Å². The minimum absolute atomic E-state index is 0.0715. The van der Waals surface area contributed by atoms with Crippen molar-refractivity contribution < 1.29 is 28.0 Å². The predicted molar refractivity (Wildman–Crippen MR) is 262 cm³/mol. The van der Waals surface area contributed by atoms with Gasteiger partial charge in [0, 0.05) is 119 Å². The van der Waals surface area contributed by atoms with Crippen LogP contribution in [0.25, 0.3) is 16.6 Å². The van der Waals surface area contributed by atoms with Crippen molar-refractivity contribution in [1.82, 2.24) is 34.5 Å². The molecule has 3 saturated heterocycles. The number of fused-ring (bicyclic) bond motifs is 2. The normalized spacial score (nSPS) is 20.1. The molecule has 3 fully saturated rings. The first-order valence-corrected chi connectivity index (χ1v) is 24.2. The van der Waals surface area contributed by atoms with E-state index < -0.39 is 18.4 Å². The number of piperidine rings is 3. The lowest BCUT2D eigenvalue weighted by Gasteiger charge is -2.39. The Bertz CT molecular complexity index is 2730. The molecule has 3 aromatic rings. The fourth-order valence-corrected chi connectivity index (χ4v) is 10.6. The predicted octanol–water partition coefficient (Wildman–Crippen LogP) is 4.62. The Kier molecular flexibility index (Phi) is 15.1. The van der Waals surface area contributed by atoms with Crippen LogP contribution < -0.4 is 27.0 Å². The Morgan fingerprint density at radius 1 is 1.00 bits per heavy atom. The maximum atomic E-state index is 14.6. The van der Waals surface area contributed by atoms with Gasteiger partial charge >= 0.3 is 5.69 Å². The molecule has 0 saturated carbocycles. The van der Waals surface area contributed by atoms with Crippen LogP contribution in [-0.4, -0.2) is 125 Å². The fourth-order valence-electron chi connectivity index (χ4n) is 10.6. The van der Waals surface area contributed by atoms with E-state index in [1.165, 1.54) is 34.5 Å². The molecule has 16 nitrogen and oxygen atoms in total. The monoisotopic (exact) mass is 947 g/mol. The number of benzene rings is 2. The topological polar surface area (TPSA) is 194 Å². The van der Waals surface area contributed by atoms with Gasteiger partial charge in [-0.1, -0.05) is 17.9 Å². The third-order valence-corrected chi connectivity index (χ3v) is 14.4. The molecule has 18 heteroatoms. The summed E-state index contributed by atoms with van der Waals surface area (Å²) in [4.78, 5) is 75.6. The van der Waals surface area contributed by atoms with Gasteiger partial charge < -0.3 is 30.7 Å². The summed E-state index contributed by atoms with van der Waals surface area (Å²) < 4.78 is 32.1. The first kappa shape index (κ1) is 48.8. The van der Waals surface area contributed by atoms with Crippen molar-refractivity contribution in [3.8, 4) is 11.8 Å². The number of allylic oxidation sites excluding steroid dienone is 1. The molecule has 0 aliphatic carbocycles. The van der Waals surface area contributed by atoms with Gasteiger partial charge in [-0.15, -0.1) is 0 Å². The molecule has 5 aliphatic heterocycles. The van der Waals surface area contributed by atoms with E-state index in [0.717, 1.165) is 75.0 Å². The van der Waals surface area contributed by atoms with E-state index in [1.807, 2.05) is 23.1 Å². The third-order valence-electron chi connectivity index (χ3n) is 14.4. The molecule has 0 spiro atoms. The number of carbonyl (C=O) groups is 4. The lowest BCUT2D eigenvalue weighted by atomic mass is 9.91. The second-order valence-corrected chi connectivity index (χ2v) is 18.8. The van der Waals surface area contributed by atoms with Crippen molar-refractivity contribution in [2.45, 2.75) is 96.1 Å². The van der Waals surface area contributed by atoms with Gasteiger partial charge in [-0.2, -0.15) is 0 Å². The molecule has 1 aromatic heterocycles. The number of nitrogens with one attached hydrogen (secondary N) is 3. The Morgan fingerprint density at radius 3 is 2.46 bits per heavy atom. The molecule has 4 amide bonds. The van der Waals surface area contributed by atoms with Crippen LogP contribution >= 0.6 is 0 Å². The maximum absolute atomic E-state index is 14.6. The van der Waals surface area contributed by atoms with Gasteiger partial charge in [-0.25, -0.2) is 13.6 Å². The number of para-hydroxylation sites is 1. The number of aryl methyl sites for hydroxylation is 2. The molecule has 69 heavy (non-hydrogen) atoms. The number of carbonyl (C=O) groups excluding carboxylic acids is 4. The summed E-state index contributed by atoms with van der Waals surface area (Å²) in [6.07, 6.45) is 6.83. The second-order valence-electron chi connectivity index (χ2n) is 18.8. The van der Waals surface area contributed by atoms with Crippen molar-refractivity contribution in [3.63, 3.8) is 0 Å². The summed E-state index contributed by atoms with van der Waals surface area (Å²) >= 11 is 0.